The molecule has 1 fully saturated rings. The van der Waals surface area contributed by atoms with Gasteiger partial charge in [-0.15, -0.1) is 11.3 Å². The minimum Gasteiger partial charge on any atom is -0.497 e. The van der Waals surface area contributed by atoms with Crippen LogP contribution in [0, 0.1) is 11.3 Å². The Kier molecular flexibility index (Phi) is 5.29. The van der Waals surface area contributed by atoms with Crippen LogP contribution in [0.2, 0.25) is 0 Å². The second-order valence-electron chi connectivity index (χ2n) is 6.99. The molecule has 1 aliphatic rings. The topological polar surface area (TPSA) is 120 Å². The predicted molar refractivity (Wildman–Crippen MR) is 117 cm³/mol. The number of nitrogen functional groups attached to an aromatic ring is 1. The number of anilines is 3. The molecule has 0 bridgehead atoms. The maximum atomic E-state index is 12.7. The molecule has 30 heavy (non-hydrogen) atoms. The minimum atomic E-state index is -0.160. The molecule has 1 atom stereocenters. The van der Waals surface area contributed by atoms with Crippen LogP contribution in [0.25, 0.3) is 10.2 Å². The number of nitrogens with zero attached hydrogens (tertiary/aromatic N) is 5. The van der Waals surface area contributed by atoms with Gasteiger partial charge in [0.05, 0.1) is 18.1 Å². The third kappa shape index (κ3) is 3.67. The number of hydrogen-bond acceptors (Lipinski definition) is 8. The number of amides is 2. The normalized spacial score (nSPS) is 16.4. The van der Waals surface area contributed by atoms with E-state index in [2.05, 4.69) is 26.3 Å². The van der Waals surface area contributed by atoms with Crippen LogP contribution in [-0.4, -0.2) is 53.7 Å². The second kappa shape index (κ2) is 8.04. The van der Waals surface area contributed by atoms with Crippen molar-refractivity contribution in [1.82, 2.24) is 14.9 Å². The first-order valence-electron chi connectivity index (χ1n) is 9.41. The number of urea groups is 1. The lowest BCUT2D eigenvalue weighted by Crippen LogP contribution is -2.55. The third-order valence-corrected chi connectivity index (χ3v) is 5.95. The lowest BCUT2D eigenvalue weighted by molar-refractivity contribution is 0.200. The highest BCUT2D eigenvalue weighted by molar-refractivity contribution is 7.17. The summed E-state index contributed by atoms with van der Waals surface area (Å²) in [6.45, 7) is 3.63. The molecule has 1 saturated heterocycles. The maximum absolute atomic E-state index is 12.7. The molecule has 0 spiro atoms. The number of methoxy groups -OCH3 is 1. The van der Waals surface area contributed by atoms with Gasteiger partial charge in [0.25, 0.3) is 0 Å². The maximum Gasteiger partial charge on any atom is 0.321 e. The summed E-state index contributed by atoms with van der Waals surface area (Å²) in [6.07, 6.45) is 0. The van der Waals surface area contributed by atoms with Gasteiger partial charge in [0.15, 0.2) is 0 Å². The van der Waals surface area contributed by atoms with E-state index in [1.807, 2.05) is 6.92 Å². The second-order valence-corrected chi connectivity index (χ2v) is 7.85. The summed E-state index contributed by atoms with van der Waals surface area (Å²) < 4.78 is 5.14. The number of hydrogen-bond donors (Lipinski definition) is 2. The molecular weight excluding hydrogens is 402 g/mol. The third-order valence-electron chi connectivity index (χ3n) is 5.08. The molecule has 1 aromatic carbocycles. The number of ether oxygens (including phenoxy) is 1. The Balaban J connectivity index is 1.51. The van der Waals surface area contributed by atoms with E-state index in [-0.39, 0.29) is 18.0 Å². The zero-order valence-electron chi connectivity index (χ0n) is 16.6. The van der Waals surface area contributed by atoms with Crippen molar-refractivity contribution in [3.8, 4) is 11.8 Å². The largest absolute Gasteiger partial charge is 0.497 e. The van der Waals surface area contributed by atoms with Crippen molar-refractivity contribution >= 4 is 45.0 Å². The van der Waals surface area contributed by atoms with E-state index in [4.69, 9.17) is 10.5 Å². The summed E-state index contributed by atoms with van der Waals surface area (Å²) in [4.78, 5) is 25.9. The number of carbonyl (C=O) groups is 1. The molecule has 0 radical (unpaired) electrons. The summed E-state index contributed by atoms with van der Waals surface area (Å²) in [5.74, 6) is 1.56. The number of benzene rings is 1. The first kappa shape index (κ1) is 19.7. The highest BCUT2D eigenvalue weighted by Gasteiger charge is 2.30. The van der Waals surface area contributed by atoms with Gasteiger partial charge in [0.1, 0.15) is 22.5 Å². The van der Waals surface area contributed by atoms with Crippen LogP contribution in [0.3, 0.4) is 0 Å². The van der Waals surface area contributed by atoms with E-state index in [9.17, 15) is 10.1 Å². The number of carbonyl (C=O) groups excluding carboxylic acids is 1. The Morgan fingerprint density at radius 3 is 2.77 bits per heavy atom. The molecular formula is C20H21N7O2S. The number of aromatic nitrogens is 2. The van der Waals surface area contributed by atoms with Crippen LogP contribution in [0.1, 0.15) is 12.5 Å². The van der Waals surface area contributed by atoms with E-state index in [1.165, 1.54) is 11.3 Å². The molecule has 3 heterocycles. The van der Waals surface area contributed by atoms with Crippen LogP contribution in [-0.2, 0) is 0 Å². The van der Waals surface area contributed by atoms with Gasteiger partial charge in [0, 0.05) is 36.7 Å². The van der Waals surface area contributed by atoms with E-state index in [1.54, 1.807) is 41.7 Å². The van der Waals surface area contributed by atoms with Crippen LogP contribution in [0.5, 0.6) is 5.75 Å². The molecule has 0 aliphatic carbocycles. The average Bonchev–Trinajstić information content (AvgIpc) is 3.16. The number of thiophene rings is 1. The highest BCUT2D eigenvalue weighted by Crippen LogP contribution is 2.34. The SMILES string of the molecule is COc1ccc(NC(=O)N2CCN(c3nc(N)nc4scc(C#N)c34)C(C)C2)cc1. The van der Waals surface area contributed by atoms with Crippen molar-refractivity contribution < 1.29 is 9.53 Å². The van der Waals surface area contributed by atoms with Crippen molar-refractivity contribution in [3.05, 3.63) is 35.2 Å². The Labute approximate surface area is 177 Å². The number of nitriles is 1. The minimum absolute atomic E-state index is 0.00990. The molecule has 2 aromatic heterocycles. The molecule has 9 nitrogen and oxygen atoms in total. The first-order valence-corrected chi connectivity index (χ1v) is 10.3. The lowest BCUT2D eigenvalue weighted by atomic mass is 10.1. The van der Waals surface area contributed by atoms with Crippen molar-refractivity contribution in [2.45, 2.75) is 13.0 Å². The summed E-state index contributed by atoms with van der Waals surface area (Å²) >= 11 is 1.38. The molecule has 3 N–H and O–H groups in total. The van der Waals surface area contributed by atoms with Gasteiger partial charge < -0.3 is 25.6 Å². The molecule has 3 aromatic rings. The summed E-state index contributed by atoms with van der Waals surface area (Å²) in [5.41, 5.74) is 7.15. The van der Waals surface area contributed by atoms with Crippen LogP contribution in [0.4, 0.5) is 22.2 Å². The fraction of sp³-hybridized carbons (Fsp3) is 0.300. The zero-order valence-corrected chi connectivity index (χ0v) is 17.4. The van der Waals surface area contributed by atoms with E-state index < -0.39 is 0 Å². The molecule has 2 amide bonds. The Hall–Kier alpha value is -3.58. The lowest BCUT2D eigenvalue weighted by Gasteiger charge is -2.40. The number of piperazine rings is 1. The first-order chi connectivity index (χ1) is 14.5. The number of fused-ring (bicyclic) bond motifs is 1. The van der Waals surface area contributed by atoms with Gasteiger partial charge in [0.2, 0.25) is 5.95 Å². The van der Waals surface area contributed by atoms with Crippen LogP contribution in [0.15, 0.2) is 29.6 Å². The van der Waals surface area contributed by atoms with E-state index in [0.29, 0.717) is 41.5 Å². The summed E-state index contributed by atoms with van der Waals surface area (Å²) in [7, 11) is 1.60. The van der Waals surface area contributed by atoms with Gasteiger partial charge in [-0.25, -0.2) is 9.78 Å². The summed E-state index contributed by atoms with van der Waals surface area (Å²) in [6, 6.07) is 9.24. The van der Waals surface area contributed by atoms with Crippen molar-refractivity contribution in [3.63, 3.8) is 0 Å². The zero-order chi connectivity index (χ0) is 21.3. The Morgan fingerprint density at radius 1 is 1.33 bits per heavy atom. The Morgan fingerprint density at radius 2 is 2.10 bits per heavy atom. The van der Waals surface area contributed by atoms with Crippen molar-refractivity contribution in [2.75, 3.05) is 42.7 Å². The molecule has 1 aliphatic heterocycles. The van der Waals surface area contributed by atoms with Crippen molar-refractivity contribution in [2.24, 2.45) is 0 Å². The smallest absolute Gasteiger partial charge is 0.321 e. The molecule has 1 unspecified atom stereocenters. The summed E-state index contributed by atoms with van der Waals surface area (Å²) in [5, 5.41) is 14.9. The van der Waals surface area contributed by atoms with Gasteiger partial charge in [-0.2, -0.15) is 10.2 Å². The molecule has 154 valence electrons. The van der Waals surface area contributed by atoms with E-state index >= 15 is 0 Å². The average molecular weight is 424 g/mol. The van der Waals surface area contributed by atoms with Gasteiger partial charge in [-0.1, -0.05) is 0 Å². The van der Waals surface area contributed by atoms with Gasteiger partial charge in [-0.3, -0.25) is 0 Å². The predicted octanol–water partition coefficient (Wildman–Crippen LogP) is 2.90. The van der Waals surface area contributed by atoms with E-state index in [0.717, 1.165) is 11.1 Å². The van der Waals surface area contributed by atoms with Gasteiger partial charge >= 0.3 is 6.03 Å². The molecule has 4 rings (SSSR count). The number of nitrogens with two attached hydrogens (primary N) is 1. The van der Waals surface area contributed by atoms with Crippen LogP contribution < -0.4 is 20.7 Å². The fourth-order valence-electron chi connectivity index (χ4n) is 3.56. The quantitative estimate of drug-likeness (QED) is 0.664. The monoisotopic (exact) mass is 423 g/mol. The number of rotatable bonds is 3. The number of nitrogens with one attached hydrogen (secondary N) is 1. The fourth-order valence-corrected chi connectivity index (χ4v) is 4.43. The molecule has 0 saturated carbocycles. The standard InChI is InChI=1S/C20H21N7O2S/c1-12-10-26(20(28)23-14-3-5-15(29-2)6-4-14)7-8-27(12)17-16-13(9-21)11-30-18(16)25-19(22)24-17/h3-6,11-12H,7-8,10H2,1-2H3,(H,23,28)(H2,22,24,25). The Bertz CT molecular complexity index is 1120. The van der Waals surface area contributed by atoms with Gasteiger partial charge in [-0.05, 0) is 31.2 Å². The van der Waals surface area contributed by atoms with Crippen LogP contribution >= 0.6 is 11.3 Å². The highest BCUT2D eigenvalue weighted by atomic mass is 32.1. The van der Waals surface area contributed by atoms with Crippen molar-refractivity contribution in [1.29, 1.82) is 5.26 Å². The molecule has 10 heteroatoms.